The Morgan fingerprint density at radius 2 is 1.93 bits per heavy atom. The van der Waals surface area contributed by atoms with E-state index in [1.54, 1.807) is 12.1 Å². The van der Waals surface area contributed by atoms with Crippen LogP contribution in [0.5, 0.6) is 0 Å². The van der Waals surface area contributed by atoms with Crippen LogP contribution in [0.25, 0.3) is 0 Å². The van der Waals surface area contributed by atoms with Crippen LogP contribution in [0, 0.1) is 5.92 Å². The zero-order chi connectivity index (χ0) is 20.3. The third-order valence-corrected chi connectivity index (χ3v) is 6.04. The number of carbonyl (C=O) groups excluding carboxylic acids is 3. The summed E-state index contributed by atoms with van der Waals surface area (Å²) in [6.07, 6.45) is 7.81. The maximum Gasteiger partial charge on any atom is 0.325 e. The van der Waals surface area contributed by atoms with Crippen LogP contribution >= 0.6 is 0 Å². The van der Waals surface area contributed by atoms with Crippen molar-refractivity contribution in [2.24, 2.45) is 5.92 Å². The molecule has 0 saturated heterocycles. The molecule has 0 radical (unpaired) electrons. The molecule has 152 valence electrons. The van der Waals surface area contributed by atoms with Gasteiger partial charge in [0.1, 0.15) is 6.54 Å². The zero-order valence-corrected chi connectivity index (χ0v) is 17.0. The molecular weight excluding hydrogens is 356 g/mol. The molecule has 0 aromatic heterocycles. The number of anilines is 2. The molecule has 0 unspecified atom stereocenters. The van der Waals surface area contributed by atoms with Crippen LogP contribution in [-0.2, 0) is 24.5 Å². The van der Waals surface area contributed by atoms with Crippen molar-refractivity contribution in [2.75, 3.05) is 23.9 Å². The van der Waals surface area contributed by atoms with Crippen molar-refractivity contribution in [3.8, 4) is 0 Å². The molecule has 6 heteroatoms. The van der Waals surface area contributed by atoms with Crippen molar-refractivity contribution < 1.29 is 19.1 Å². The van der Waals surface area contributed by atoms with E-state index in [2.05, 4.69) is 5.32 Å². The minimum absolute atomic E-state index is 0.0130. The monoisotopic (exact) mass is 386 g/mol. The van der Waals surface area contributed by atoms with Crippen LogP contribution in [0.2, 0.25) is 0 Å². The lowest BCUT2D eigenvalue weighted by molar-refractivity contribution is -0.140. The van der Waals surface area contributed by atoms with Gasteiger partial charge in [-0.05, 0) is 49.9 Å². The number of hydrogen-bond donors (Lipinski definition) is 1. The number of ether oxygens (including phenoxy) is 1. The highest BCUT2D eigenvalue weighted by Crippen LogP contribution is 2.42. The Kier molecular flexibility index (Phi) is 6.06. The normalized spacial score (nSPS) is 18.7. The fraction of sp³-hybridized carbons (Fsp3) is 0.591. The van der Waals surface area contributed by atoms with Gasteiger partial charge in [0.15, 0.2) is 0 Å². The number of fused-ring (bicyclic) bond motifs is 1. The quantitative estimate of drug-likeness (QED) is 0.755. The molecule has 6 nitrogen and oxygen atoms in total. The third-order valence-electron chi connectivity index (χ3n) is 6.04. The molecule has 1 aliphatic carbocycles. The van der Waals surface area contributed by atoms with Gasteiger partial charge in [-0.15, -0.1) is 0 Å². The Labute approximate surface area is 166 Å². The lowest BCUT2D eigenvalue weighted by atomic mass is 9.85. The number of nitrogens with one attached hydrogen (secondary N) is 1. The summed E-state index contributed by atoms with van der Waals surface area (Å²) in [5.41, 5.74) is 1.44. The van der Waals surface area contributed by atoms with Crippen LogP contribution in [0.15, 0.2) is 18.2 Å². The van der Waals surface area contributed by atoms with E-state index >= 15 is 0 Å². The van der Waals surface area contributed by atoms with E-state index < -0.39 is 11.4 Å². The number of rotatable bonds is 6. The average molecular weight is 386 g/mol. The molecule has 1 N–H and O–H groups in total. The van der Waals surface area contributed by atoms with Crippen LogP contribution in [0.1, 0.15) is 64.4 Å². The number of benzene rings is 1. The smallest absolute Gasteiger partial charge is 0.325 e. The third kappa shape index (κ3) is 4.21. The Hall–Kier alpha value is -2.37. The number of esters is 1. The maximum atomic E-state index is 12.8. The molecule has 3 rings (SSSR count). The standard InChI is InChI=1S/C22H30N2O4/c1-22(2)17-13-16(23-19(25)12-9-15-7-5-4-6-8-15)10-11-18(17)24(21(22)27)14-20(26)28-3/h10-11,13,15H,4-9,12,14H2,1-3H3,(H,23,25). The van der Waals surface area contributed by atoms with E-state index in [1.165, 1.54) is 44.1 Å². The van der Waals surface area contributed by atoms with Gasteiger partial charge < -0.3 is 15.0 Å². The Bertz CT molecular complexity index is 766. The summed E-state index contributed by atoms with van der Waals surface area (Å²) < 4.78 is 4.71. The first kappa shape index (κ1) is 20.4. The Morgan fingerprint density at radius 1 is 1.21 bits per heavy atom. The van der Waals surface area contributed by atoms with Crippen molar-refractivity contribution in [2.45, 2.75) is 64.2 Å². The van der Waals surface area contributed by atoms with E-state index in [1.807, 2.05) is 19.9 Å². The molecule has 2 amide bonds. The summed E-state index contributed by atoms with van der Waals surface area (Å²) in [5.74, 6) is 0.0767. The predicted octanol–water partition coefficient (Wildman–Crippen LogP) is 3.78. The maximum absolute atomic E-state index is 12.8. The molecule has 1 saturated carbocycles. The van der Waals surface area contributed by atoms with Gasteiger partial charge in [0.25, 0.3) is 0 Å². The molecule has 2 aliphatic rings. The zero-order valence-electron chi connectivity index (χ0n) is 17.0. The lowest BCUT2D eigenvalue weighted by Gasteiger charge is -2.21. The van der Waals surface area contributed by atoms with Gasteiger partial charge in [0.2, 0.25) is 11.8 Å². The van der Waals surface area contributed by atoms with Gasteiger partial charge >= 0.3 is 5.97 Å². The minimum atomic E-state index is -0.758. The second-order valence-corrected chi connectivity index (χ2v) is 8.42. The number of carbonyl (C=O) groups is 3. The van der Waals surface area contributed by atoms with Crippen molar-refractivity contribution in [3.63, 3.8) is 0 Å². The summed E-state index contributed by atoms with van der Waals surface area (Å²) in [7, 11) is 1.31. The second-order valence-electron chi connectivity index (χ2n) is 8.42. The van der Waals surface area contributed by atoms with Crippen LogP contribution in [0.4, 0.5) is 11.4 Å². The van der Waals surface area contributed by atoms with Crippen molar-refractivity contribution in [3.05, 3.63) is 23.8 Å². The number of methoxy groups -OCH3 is 1. The Balaban J connectivity index is 1.68. The van der Waals surface area contributed by atoms with Gasteiger partial charge in [-0.3, -0.25) is 14.4 Å². The van der Waals surface area contributed by atoms with Gasteiger partial charge in [0, 0.05) is 17.8 Å². The van der Waals surface area contributed by atoms with Crippen molar-refractivity contribution in [1.29, 1.82) is 0 Å². The number of amides is 2. The highest BCUT2D eigenvalue weighted by Gasteiger charge is 2.44. The Morgan fingerprint density at radius 3 is 2.61 bits per heavy atom. The average Bonchev–Trinajstić information content (AvgIpc) is 2.87. The van der Waals surface area contributed by atoms with Crippen molar-refractivity contribution in [1.82, 2.24) is 0 Å². The molecule has 0 atom stereocenters. The molecule has 1 aromatic rings. The van der Waals surface area contributed by atoms with Crippen LogP contribution in [0.3, 0.4) is 0 Å². The predicted molar refractivity (Wildman–Crippen MR) is 108 cm³/mol. The summed E-state index contributed by atoms with van der Waals surface area (Å²) in [4.78, 5) is 38.3. The van der Waals surface area contributed by atoms with Gasteiger partial charge in [-0.2, -0.15) is 0 Å². The first-order chi connectivity index (χ1) is 13.3. The molecule has 1 aromatic carbocycles. The highest BCUT2D eigenvalue weighted by atomic mass is 16.5. The van der Waals surface area contributed by atoms with Crippen molar-refractivity contribution >= 4 is 29.2 Å². The lowest BCUT2D eigenvalue weighted by Crippen LogP contribution is -2.39. The first-order valence-corrected chi connectivity index (χ1v) is 10.2. The van der Waals surface area contributed by atoms with E-state index in [0.29, 0.717) is 23.7 Å². The SMILES string of the molecule is COC(=O)CN1C(=O)C(C)(C)c2cc(NC(=O)CCC3CCCCC3)ccc21. The molecule has 1 fully saturated rings. The highest BCUT2D eigenvalue weighted by molar-refractivity contribution is 6.10. The van der Waals surface area contributed by atoms with Gasteiger partial charge in [-0.1, -0.05) is 32.1 Å². The van der Waals surface area contributed by atoms with Crippen LogP contribution < -0.4 is 10.2 Å². The van der Waals surface area contributed by atoms with E-state index in [0.717, 1.165) is 12.0 Å². The topological polar surface area (TPSA) is 75.7 Å². The molecule has 0 spiro atoms. The molecule has 1 aliphatic heterocycles. The molecule has 1 heterocycles. The number of nitrogens with zero attached hydrogens (tertiary/aromatic N) is 1. The van der Waals surface area contributed by atoms with Gasteiger partial charge in [-0.25, -0.2) is 0 Å². The van der Waals surface area contributed by atoms with E-state index in [4.69, 9.17) is 4.74 Å². The van der Waals surface area contributed by atoms with E-state index in [-0.39, 0.29) is 18.4 Å². The summed E-state index contributed by atoms with van der Waals surface area (Å²) in [6, 6.07) is 5.43. The fourth-order valence-electron chi connectivity index (χ4n) is 4.30. The summed E-state index contributed by atoms with van der Waals surface area (Å²) >= 11 is 0. The van der Waals surface area contributed by atoms with E-state index in [9.17, 15) is 14.4 Å². The first-order valence-electron chi connectivity index (χ1n) is 10.2. The van der Waals surface area contributed by atoms with Gasteiger partial charge in [0.05, 0.1) is 12.5 Å². The summed E-state index contributed by atoms with van der Waals surface area (Å²) in [6.45, 7) is 3.55. The van der Waals surface area contributed by atoms with Crippen LogP contribution in [-0.4, -0.2) is 31.4 Å². The number of hydrogen-bond acceptors (Lipinski definition) is 4. The fourth-order valence-corrected chi connectivity index (χ4v) is 4.30. The molecule has 28 heavy (non-hydrogen) atoms. The second kappa shape index (κ2) is 8.33. The molecule has 0 bridgehead atoms. The minimum Gasteiger partial charge on any atom is -0.468 e. The summed E-state index contributed by atoms with van der Waals surface area (Å²) in [5, 5.41) is 2.97. The molecular formula is C22H30N2O4. The largest absolute Gasteiger partial charge is 0.468 e.